The SMILES string of the molecule is C[C@@H]1Cc2c(n3ncc(CC4CCC4)c3n(-c3ccc(-c4nncn4C)cc3)c2=O)CN1C(=O)c1ccc(Br)c(C(F)(F)F)c1. The number of amides is 1. The number of rotatable bonds is 5. The number of alkyl halides is 3. The Kier molecular flexibility index (Phi) is 7.18. The summed E-state index contributed by atoms with van der Waals surface area (Å²) in [7, 11) is 1.86. The number of carbonyl (C=O) groups excluding carboxylic acids is 1. The van der Waals surface area contributed by atoms with Crippen LogP contribution in [-0.2, 0) is 32.6 Å². The van der Waals surface area contributed by atoms with E-state index in [0.717, 1.165) is 36.5 Å². The maximum Gasteiger partial charge on any atom is 0.417 e. The van der Waals surface area contributed by atoms with Crippen LogP contribution in [0.3, 0.4) is 0 Å². The third-order valence-electron chi connectivity index (χ3n) is 9.05. The molecule has 2 aliphatic rings. The van der Waals surface area contributed by atoms with Crippen LogP contribution in [0.1, 0.15) is 58.9 Å². The molecule has 1 aliphatic heterocycles. The van der Waals surface area contributed by atoms with E-state index in [-0.39, 0.29) is 28.6 Å². The third-order valence-corrected chi connectivity index (χ3v) is 9.75. The summed E-state index contributed by atoms with van der Waals surface area (Å²) in [4.78, 5) is 29.6. The van der Waals surface area contributed by atoms with Crippen molar-refractivity contribution < 1.29 is 18.0 Å². The van der Waals surface area contributed by atoms with Gasteiger partial charge in [-0.05, 0) is 68.1 Å². The molecule has 232 valence electrons. The van der Waals surface area contributed by atoms with E-state index in [1.165, 1.54) is 23.5 Å². The first-order valence-electron chi connectivity index (χ1n) is 14.8. The fourth-order valence-corrected chi connectivity index (χ4v) is 6.86. The molecule has 0 radical (unpaired) electrons. The first-order valence-corrected chi connectivity index (χ1v) is 15.6. The van der Waals surface area contributed by atoms with Crippen molar-refractivity contribution in [2.45, 2.75) is 57.8 Å². The van der Waals surface area contributed by atoms with Gasteiger partial charge in [0.2, 0.25) is 0 Å². The van der Waals surface area contributed by atoms with E-state index in [4.69, 9.17) is 5.10 Å². The molecule has 4 heterocycles. The van der Waals surface area contributed by atoms with Crippen molar-refractivity contribution in [1.82, 2.24) is 33.8 Å². The van der Waals surface area contributed by atoms with Gasteiger partial charge in [0, 0.05) is 39.8 Å². The Balaban J connectivity index is 1.33. The predicted octanol–water partition coefficient (Wildman–Crippen LogP) is 5.99. The highest BCUT2D eigenvalue weighted by Gasteiger charge is 2.36. The van der Waals surface area contributed by atoms with Crippen LogP contribution in [0.4, 0.5) is 13.2 Å². The minimum absolute atomic E-state index is 0.0367. The minimum atomic E-state index is -4.62. The van der Waals surface area contributed by atoms with Crippen LogP contribution < -0.4 is 5.56 Å². The zero-order chi connectivity index (χ0) is 31.6. The predicted molar refractivity (Wildman–Crippen MR) is 164 cm³/mol. The van der Waals surface area contributed by atoms with Gasteiger partial charge in [-0.1, -0.05) is 35.2 Å². The van der Waals surface area contributed by atoms with Gasteiger partial charge in [-0.2, -0.15) is 18.3 Å². The molecule has 0 unspecified atom stereocenters. The minimum Gasteiger partial charge on any atom is -0.330 e. The number of aromatic nitrogens is 6. The van der Waals surface area contributed by atoms with Crippen LogP contribution in [0.15, 0.2) is 64.3 Å². The second-order valence-corrected chi connectivity index (χ2v) is 12.8. The van der Waals surface area contributed by atoms with Crippen molar-refractivity contribution in [2.75, 3.05) is 0 Å². The quantitative estimate of drug-likeness (QED) is 0.228. The number of benzene rings is 2. The van der Waals surface area contributed by atoms with E-state index < -0.39 is 23.7 Å². The summed E-state index contributed by atoms with van der Waals surface area (Å²) < 4.78 is 46.0. The average molecular weight is 681 g/mol. The molecule has 0 saturated heterocycles. The summed E-state index contributed by atoms with van der Waals surface area (Å²) in [5, 5.41) is 12.9. The van der Waals surface area contributed by atoms with E-state index in [1.54, 1.807) is 28.5 Å². The summed E-state index contributed by atoms with van der Waals surface area (Å²) in [6.07, 6.45) is 3.22. The van der Waals surface area contributed by atoms with Crippen molar-refractivity contribution in [3.8, 4) is 17.1 Å². The van der Waals surface area contributed by atoms with Crippen molar-refractivity contribution in [2.24, 2.45) is 13.0 Å². The summed E-state index contributed by atoms with van der Waals surface area (Å²) in [6, 6.07) is 10.6. The number of hydrogen-bond donors (Lipinski definition) is 0. The smallest absolute Gasteiger partial charge is 0.330 e. The molecule has 3 aromatic heterocycles. The fraction of sp³-hybridized carbons (Fsp3) is 0.344. The Hall–Kier alpha value is -4.26. The lowest BCUT2D eigenvalue weighted by Crippen LogP contribution is -2.46. The number of halogens is 4. The number of aryl methyl sites for hydroxylation is 1. The van der Waals surface area contributed by atoms with Gasteiger partial charge in [0.1, 0.15) is 12.0 Å². The van der Waals surface area contributed by atoms with E-state index in [9.17, 15) is 22.8 Å². The molecule has 7 rings (SSSR count). The summed E-state index contributed by atoms with van der Waals surface area (Å²) in [5.74, 6) is 0.671. The van der Waals surface area contributed by atoms with Gasteiger partial charge in [-0.15, -0.1) is 10.2 Å². The topological polar surface area (TPSA) is 90.3 Å². The molecule has 13 heteroatoms. The fourth-order valence-electron chi connectivity index (χ4n) is 6.39. The molecule has 2 aromatic carbocycles. The highest BCUT2D eigenvalue weighted by Crippen LogP contribution is 2.37. The Morgan fingerprint density at radius 2 is 1.87 bits per heavy atom. The van der Waals surface area contributed by atoms with Gasteiger partial charge in [-0.25, -0.2) is 4.52 Å². The van der Waals surface area contributed by atoms with Crippen molar-refractivity contribution in [3.63, 3.8) is 0 Å². The summed E-state index contributed by atoms with van der Waals surface area (Å²) in [6.45, 7) is 1.84. The van der Waals surface area contributed by atoms with Crippen LogP contribution in [0.25, 0.3) is 22.7 Å². The molecule has 1 fully saturated rings. The molecular formula is C32H29BrF3N7O2. The lowest BCUT2D eigenvalue weighted by atomic mass is 9.81. The second-order valence-electron chi connectivity index (χ2n) is 12.0. The maximum atomic E-state index is 14.4. The molecule has 0 spiro atoms. The molecule has 1 saturated carbocycles. The van der Waals surface area contributed by atoms with E-state index in [0.29, 0.717) is 34.3 Å². The molecule has 1 amide bonds. The van der Waals surface area contributed by atoms with Crippen LogP contribution in [0, 0.1) is 5.92 Å². The van der Waals surface area contributed by atoms with Gasteiger partial charge >= 0.3 is 6.18 Å². The maximum absolute atomic E-state index is 14.4. The van der Waals surface area contributed by atoms with Gasteiger partial charge in [-0.3, -0.25) is 14.2 Å². The molecular weight excluding hydrogens is 651 g/mol. The Morgan fingerprint density at radius 1 is 1.11 bits per heavy atom. The molecule has 45 heavy (non-hydrogen) atoms. The average Bonchev–Trinajstić information content (AvgIpc) is 3.61. The standard InChI is InChI=1S/C32H29BrF3N7O2/c1-18-12-24-27(16-41(18)30(44)21-8-11-26(33)25(14-21)32(34,35)36)43-29(22(15-38-43)13-19-4-3-5-19)42(31(24)45)23-9-6-20(7-10-23)28-39-37-17-40(28)2/h6-11,14-15,17-19H,3-5,12-13,16H2,1-2H3/t18-/m1/s1. The zero-order valence-electron chi connectivity index (χ0n) is 24.6. The largest absolute Gasteiger partial charge is 0.417 e. The lowest BCUT2D eigenvalue weighted by molar-refractivity contribution is -0.138. The number of fused-ring (bicyclic) bond motifs is 3. The van der Waals surface area contributed by atoms with Crippen LogP contribution in [0.2, 0.25) is 0 Å². The molecule has 5 aromatic rings. The molecule has 9 nitrogen and oxygen atoms in total. The summed E-state index contributed by atoms with van der Waals surface area (Å²) in [5.41, 5.74) is 3.03. The Morgan fingerprint density at radius 3 is 2.51 bits per heavy atom. The Bertz CT molecular complexity index is 2010. The monoisotopic (exact) mass is 679 g/mol. The molecule has 0 bridgehead atoms. The normalized spacial score (nSPS) is 17.0. The third kappa shape index (κ3) is 5.06. The van der Waals surface area contributed by atoms with Gasteiger partial charge in [0.25, 0.3) is 11.5 Å². The second kappa shape index (κ2) is 11.0. The van der Waals surface area contributed by atoms with E-state index in [2.05, 4.69) is 26.1 Å². The van der Waals surface area contributed by atoms with Gasteiger partial charge in [0.15, 0.2) is 5.82 Å². The molecule has 1 atom stereocenters. The van der Waals surface area contributed by atoms with E-state index >= 15 is 0 Å². The van der Waals surface area contributed by atoms with Crippen molar-refractivity contribution >= 4 is 27.5 Å². The highest BCUT2D eigenvalue weighted by atomic mass is 79.9. The highest BCUT2D eigenvalue weighted by molar-refractivity contribution is 9.10. The van der Waals surface area contributed by atoms with Crippen LogP contribution in [0.5, 0.6) is 0 Å². The zero-order valence-corrected chi connectivity index (χ0v) is 26.1. The first kappa shape index (κ1) is 29.5. The number of nitrogens with zero attached hydrogens (tertiary/aromatic N) is 7. The first-order chi connectivity index (χ1) is 21.5. The Labute approximate surface area is 264 Å². The summed E-state index contributed by atoms with van der Waals surface area (Å²) >= 11 is 2.95. The van der Waals surface area contributed by atoms with Crippen molar-refractivity contribution in [3.05, 3.63) is 97.8 Å². The van der Waals surface area contributed by atoms with Gasteiger partial charge < -0.3 is 9.47 Å². The van der Waals surface area contributed by atoms with E-state index in [1.807, 2.05) is 35.9 Å². The number of hydrogen-bond acceptors (Lipinski definition) is 5. The molecule has 1 aliphatic carbocycles. The van der Waals surface area contributed by atoms with Crippen molar-refractivity contribution in [1.29, 1.82) is 0 Å². The van der Waals surface area contributed by atoms with Crippen LogP contribution in [-0.4, -0.2) is 45.8 Å². The van der Waals surface area contributed by atoms with Gasteiger partial charge in [0.05, 0.1) is 29.7 Å². The van der Waals surface area contributed by atoms with Crippen LogP contribution >= 0.6 is 15.9 Å². The number of carbonyl (C=O) groups is 1. The molecule has 0 N–H and O–H groups in total. The lowest BCUT2D eigenvalue weighted by Gasteiger charge is -2.35.